The Morgan fingerprint density at radius 1 is 1.54 bits per heavy atom. The van der Waals surface area contributed by atoms with Crippen LogP contribution in [-0.2, 0) is 5.33 Å². The van der Waals surface area contributed by atoms with Crippen LogP contribution in [0, 0.1) is 0 Å². The molecule has 0 aliphatic carbocycles. The van der Waals surface area contributed by atoms with Crippen molar-refractivity contribution in [1.82, 2.24) is 4.98 Å². The standard InChI is InChI=1S/C7H5Br2F2NO/c8-2-4-3(6(10)11)1-5(9)12-7(4)13/h1,6H,2H2,(H,12,13). The van der Waals surface area contributed by atoms with E-state index in [1.165, 1.54) is 6.07 Å². The van der Waals surface area contributed by atoms with Gasteiger partial charge in [0, 0.05) is 16.5 Å². The van der Waals surface area contributed by atoms with E-state index >= 15 is 0 Å². The Balaban J connectivity index is 3.38. The second-order valence-corrected chi connectivity index (χ2v) is 3.73. The van der Waals surface area contributed by atoms with Crippen molar-refractivity contribution in [2.75, 3.05) is 0 Å². The average Bonchev–Trinajstić information content (AvgIpc) is 2.02. The van der Waals surface area contributed by atoms with Gasteiger partial charge in [0.15, 0.2) is 0 Å². The summed E-state index contributed by atoms with van der Waals surface area (Å²) in [4.78, 5) is 13.5. The SMILES string of the molecule is O=c1[nH]c(Br)cc(C(F)F)c1CBr. The average molecular weight is 317 g/mol. The summed E-state index contributed by atoms with van der Waals surface area (Å²) in [6.07, 6.45) is -2.63. The van der Waals surface area contributed by atoms with Crippen LogP contribution >= 0.6 is 31.9 Å². The molecule has 1 aromatic heterocycles. The summed E-state index contributed by atoms with van der Waals surface area (Å²) in [5.74, 6) is 0. The van der Waals surface area contributed by atoms with E-state index in [1.54, 1.807) is 0 Å². The highest BCUT2D eigenvalue weighted by molar-refractivity contribution is 9.10. The lowest BCUT2D eigenvalue weighted by Crippen LogP contribution is -2.14. The quantitative estimate of drug-likeness (QED) is 0.660. The maximum absolute atomic E-state index is 12.4. The van der Waals surface area contributed by atoms with Crippen LogP contribution in [0.4, 0.5) is 8.78 Å². The first-order valence-corrected chi connectivity index (χ1v) is 5.23. The molecule has 13 heavy (non-hydrogen) atoms. The Bertz CT molecular complexity index is 364. The number of aromatic nitrogens is 1. The molecule has 1 N–H and O–H groups in total. The monoisotopic (exact) mass is 315 g/mol. The maximum Gasteiger partial charge on any atom is 0.264 e. The van der Waals surface area contributed by atoms with Gasteiger partial charge in [0.05, 0.1) is 4.60 Å². The summed E-state index contributed by atoms with van der Waals surface area (Å²) in [5.41, 5.74) is -0.674. The molecule has 0 saturated carbocycles. The Labute approximate surface area is 89.6 Å². The van der Waals surface area contributed by atoms with Crippen molar-refractivity contribution in [3.05, 3.63) is 32.2 Å². The van der Waals surface area contributed by atoms with Crippen LogP contribution in [0.25, 0.3) is 0 Å². The highest BCUT2D eigenvalue weighted by Crippen LogP contribution is 2.23. The lowest BCUT2D eigenvalue weighted by molar-refractivity contribution is 0.150. The van der Waals surface area contributed by atoms with Crippen LogP contribution in [0.3, 0.4) is 0 Å². The van der Waals surface area contributed by atoms with Gasteiger partial charge >= 0.3 is 0 Å². The highest BCUT2D eigenvalue weighted by Gasteiger charge is 2.15. The number of alkyl halides is 3. The van der Waals surface area contributed by atoms with Gasteiger partial charge in [0.1, 0.15) is 0 Å². The first-order valence-electron chi connectivity index (χ1n) is 3.32. The molecule has 0 aliphatic rings. The normalized spacial score (nSPS) is 10.8. The molecule has 0 atom stereocenters. The zero-order valence-electron chi connectivity index (χ0n) is 6.28. The molecule has 0 amide bonds. The van der Waals surface area contributed by atoms with Crippen molar-refractivity contribution in [3.8, 4) is 0 Å². The second-order valence-electron chi connectivity index (χ2n) is 2.31. The molecule has 1 aromatic rings. The molecule has 0 aliphatic heterocycles. The lowest BCUT2D eigenvalue weighted by Gasteiger charge is -2.05. The minimum absolute atomic E-state index is 0.0678. The van der Waals surface area contributed by atoms with Gasteiger partial charge in [0.2, 0.25) is 0 Å². The van der Waals surface area contributed by atoms with Crippen LogP contribution in [0.15, 0.2) is 15.5 Å². The molecule has 0 aromatic carbocycles. The fraction of sp³-hybridized carbons (Fsp3) is 0.286. The Morgan fingerprint density at radius 3 is 2.62 bits per heavy atom. The van der Waals surface area contributed by atoms with E-state index < -0.39 is 12.0 Å². The van der Waals surface area contributed by atoms with Gasteiger partial charge in [-0.1, -0.05) is 15.9 Å². The molecule has 72 valence electrons. The van der Waals surface area contributed by atoms with Crippen molar-refractivity contribution in [3.63, 3.8) is 0 Å². The van der Waals surface area contributed by atoms with E-state index in [0.29, 0.717) is 0 Å². The molecule has 0 spiro atoms. The fourth-order valence-electron chi connectivity index (χ4n) is 0.907. The van der Waals surface area contributed by atoms with E-state index in [9.17, 15) is 13.6 Å². The maximum atomic E-state index is 12.4. The first-order chi connectivity index (χ1) is 6.06. The highest BCUT2D eigenvalue weighted by atomic mass is 79.9. The van der Waals surface area contributed by atoms with Crippen LogP contribution in [-0.4, -0.2) is 4.98 Å². The van der Waals surface area contributed by atoms with Gasteiger partial charge in [0.25, 0.3) is 12.0 Å². The summed E-state index contributed by atoms with van der Waals surface area (Å²) >= 11 is 5.92. The lowest BCUT2D eigenvalue weighted by atomic mass is 10.2. The molecule has 0 unspecified atom stereocenters. The molecule has 0 radical (unpaired) electrons. The number of H-pyrrole nitrogens is 1. The zero-order valence-corrected chi connectivity index (χ0v) is 9.45. The van der Waals surface area contributed by atoms with Gasteiger partial charge in [-0.25, -0.2) is 8.78 Å². The number of nitrogens with one attached hydrogen (secondary N) is 1. The fourth-order valence-corrected chi connectivity index (χ4v) is 1.91. The van der Waals surface area contributed by atoms with Crippen molar-refractivity contribution in [2.24, 2.45) is 0 Å². The topological polar surface area (TPSA) is 32.9 Å². The number of halogens is 4. The van der Waals surface area contributed by atoms with E-state index in [2.05, 4.69) is 36.8 Å². The summed E-state index contributed by atoms with van der Waals surface area (Å²) in [6, 6.07) is 1.21. The second kappa shape index (κ2) is 4.32. The van der Waals surface area contributed by atoms with Crippen LogP contribution in [0.5, 0.6) is 0 Å². The molecule has 2 nitrogen and oxygen atoms in total. The third-order valence-corrected chi connectivity index (χ3v) is 2.49. The molecule has 0 bridgehead atoms. The molecule has 0 saturated heterocycles. The van der Waals surface area contributed by atoms with E-state index in [-0.39, 0.29) is 21.1 Å². The molecular weight excluding hydrogens is 312 g/mol. The van der Waals surface area contributed by atoms with Gasteiger partial charge < -0.3 is 4.98 Å². The molecule has 6 heteroatoms. The van der Waals surface area contributed by atoms with Gasteiger partial charge in [-0.15, -0.1) is 0 Å². The van der Waals surface area contributed by atoms with Crippen LogP contribution in [0.1, 0.15) is 17.6 Å². The Morgan fingerprint density at radius 2 is 2.15 bits per heavy atom. The van der Waals surface area contributed by atoms with Gasteiger partial charge in [-0.05, 0) is 22.0 Å². The molecule has 1 heterocycles. The largest absolute Gasteiger partial charge is 0.316 e. The predicted molar refractivity (Wildman–Crippen MR) is 52.4 cm³/mol. The smallest absolute Gasteiger partial charge is 0.264 e. The zero-order chi connectivity index (χ0) is 10.0. The Kier molecular flexibility index (Phi) is 3.61. The van der Waals surface area contributed by atoms with E-state index in [1.807, 2.05) is 0 Å². The third-order valence-electron chi connectivity index (χ3n) is 1.51. The van der Waals surface area contributed by atoms with E-state index in [0.717, 1.165) is 0 Å². The van der Waals surface area contributed by atoms with Crippen molar-refractivity contribution >= 4 is 31.9 Å². The van der Waals surface area contributed by atoms with Crippen LogP contribution < -0.4 is 5.56 Å². The van der Waals surface area contributed by atoms with Gasteiger partial charge in [-0.3, -0.25) is 4.79 Å². The molecule has 1 rings (SSSR count). The number of pyridine rings is 1. The number of aromatic amines is 1. The minimum atomic E-state index is -2.63. The molecule has 0 fully saturated rings. The first kappa shape index (κ1) is 10.8. The number of hydrogen-bond donors (Lipinski definition) is 1. The van der Waals surface area contributed by atoms with Crippen molar-refractivity contribution in [2.45, 2.75) is 11.8 Å². The minimum Gasteiger partial charge on any atom is -0.316 e. The van der Waals surface area contributed by atoms with Crippen molar-refractivity contribution < 1.29 is 8.78 Å². The predicted octanol–water partition coefficient (Wildman–Crippen LogP) is 2.97. The van der Waals surface area contributed by atoms with Crippen LogP contribution in [0.2, 0.25) is 0 Å². The Hall–Kier alpha value is -0.230. The summed E-state index contributed by atoms with van der Waals surface area (Å²) < 4.78 is 25.0. The summed E-state index contributed by atoms with van der Waals surface area (Å²) in [6.45, 7) is 0. The number of hydrogen-bond acceptors (Lipinski definition) is 1. The summed E-state index contributed by atoms with van der Waals surface area (Å²) in [7, 11) is 0. The number of rotatable bonds is 2. The van der Waals surface area contributed by atoms with Crippen molar-refractivity contribution in [1.29, 1.82) is 0 Å². The summed E-state index contributed by atoms with van der Waals surface area (Å²) in [5, 5.41) is 0.120. The van der Waals surface area contributed by atoms with E-state index in [4.69, 9.17) is 0 Å². The van der Waals surface area contributed by atoms with Gasteiger partial charge in [-0.2, -0.15) is 0 Å². The third kappa shape index (κ3) is 2.37. The molecular formula is C7H5Br2F2NO.